The first kappa shape index (κ1) is 16.1. The molecule has 2 aromatic carbocycles. The molecule has 110 valence electrons. The number of carboxylic acid groups (broad SMARTS) is 1. The molecule has 0 heterocycles. The van der Waals surface area contributed by atoms with Crippen LogP contribution in [0.25, 0.3) is 0 Å². The quantitative estimate of drug-likeness (QED) is 0.753. The molecule has 0 bridgehead atoms. The lowest BCUT2D eigenvalue weighted by Gasteiger charge is -2.02. The molecule has 5 heteroatoms. The number of phenolic OH excluding ortho intramolecular Hbond substituents is 2. The minimum atomic E-state index is -0.935. The van der Waals surface area contributed by atoms with Crippen LogP contribution in [0.5, 0.6) is 17.2 Å². The van der Waals surface area contributed by atoms with Crippen molar-refractivity contribution in [3.8, 4) is 17.2 Å². The Morgan fingerprint density at radius 3 is 2.05 bits per heavy atom. The van der Waals surface area contributed by atoms with E-state index in [0.717, 1.165) is 0 Å². The van der Waals surface area contributed by atoms with Gasteiger partial charge in [0.15, 0.2) is 0 Å². The van der Waals surface area contributed by atoms with Crippen molar-refractivity contribution >= 4 is 5.97 Å². The van der Waals surface area contributed by atoms with Crippen LogP contribution in [-0.2, 0) is 0 Å². The summed E-state index contributed by atoms with van der Waals surface area (Å²) in [6.45, 7) is 3.93. The molecule has 5 nitrogen and oxygen atoms in total. The van der Waals surface area contributed by atoms with Gasteiger partial charge in [0.25, 0.3) is 0 Å². The molecule has 2 rings (SSSR count). The summed E-state index contributed by atoms with van der Waals surface area (Å²) in [5, 5.41) is 25.9. The predicted molar refractivity (Wildman–Crippen MR) is 78.9 cm³/mol. The maximum atomic E-state index is 10.5. The van der Waals surface area contributed by atoms with E-state index in [1.165, 1.54) is 30.3 Å². The fraction of sp³-hybridized carbons (Fsp3) is 0.0625. The van der Waals surface area contributed by atoms with Gasteiger partial charge in [0.1, 0.15) is 23.9 Å². The molecule has 2 aromatic rings. The minimum absolute atomic E-state index is 0.0880. The third-order valence-corrected chi connectivity index (χ3v) is 2.30. The van der Waals surface area contributed by atoms with Crippen LogP contribution in [0.2, 0.25) is 0 Å². The Bertz CT molecular complexity index is 573. The first-order chi connectivity index (χ1) is 10.0. The van der Waals surface area contributed by atoms with E-state index >= 15 is 0 Å². The standard InChI is InChI=1S/C10H10O3.C6H6O2/c1-2-7-13-9-5-3-8(4-6-9)10(11)12;7-5-2-1-3-6(8)4-5/h2-6H,1,7H2,(H,11,12);1-4,7-8H. The van der Waals surface area contributed by atoms with E-state index in [9.17, 15) is 4.79 Å². The zero-order valence-corrected chi connectivity index (χ0v) is 11.3. The zero-order chi connectivity index (χ0) is 15.7. The van der Waals surface area contributed by atoms with E-state index in [1.807, 2.05) is 0 Å². The summed E-state index contributed by atoms with van der Waals surface area (Å²) >= 11 is 0. The van der Waals surface area contributed by atoms with Crippen LogP contribution >= 0.6 is 0 Å². The summed E-state index contributed by atoms with van der Waals surface area (Å²) in [7, 11) is 0. The van der Waals surface area contributed by atoms with Crippen LogP contribution in [0, 0.1) is 0 Å². The Morgan fingerprint density at radius 1 is 1.10 bits per heavy atom. The average molecular weight is 288 g/mol. The van der Waals surface area contributed by atoms with Gasteiger partial charge in [-0.05, 0) is 36.4 Å². The number of hydrogen-bond donors (Lipinski definition) is 3. The van der Waals surface area contributed by atoms with Gasteiger partial charge in [-0.2, -0.15) is 0 Å². The number of carboxylic acids is 1. The summed E-state index contributed by atoms with van der Waals surface area (Å²) in [5.41, 5.74) is 0.256. The number of hydrogen-bond acceptors (Lipinski definition) is 4. The SMILES string of the molecule is C=CCOc1ccc(C(=O)O)cc1.Oc1cccc(O)c1. The number of rotatable bonds is 4. The highest BCUT2D eigenvalue weighted by Gasteiger charge is 2.00. The van der Waals surface area contributed by atoms with Crippen LogP contribution in [0.3, 0.4) is 0 Å². The van der Waals surface area contributed by atoms with Crippen LogP contribution in [0.4, 0.5) is 0 Å². The summed E-state index contributed by atoms with van der Waals surface area (Å²) in [6.07, 6.45) is 1.63. The van der Waals surface area contributed by atoms with Crippen molar-refractivity contribution in [2.75, 3.05) is 6.61 Å². The molecule has 0 unspecified atom stereocenters. The van der Waals surface area contributed by atoms with Crippen molar-refractivity contribution < 1.29 is 24.9 Å². The van der Waals surface area contributed by atoms with Gasteiger partial charge in [0.2, 0.25) is 0 Å². The number of benzene rings is 2. The van der Waals surface area contributed by atoms with Crippen molar-refractivity contribution in [1.82, 2.24) is 0 Å². The van der Waals surface area contributed by atoms with Crippen LogP contribution in [0.1, 0.15) is 10.4 Å². The third kappa shape index (κ3) is 6.15. The molecule has 0 aliphatic heterocycles. The van der Waals surface area contributed by atoms with Gasteiger partial charge in [-0.25, -0.2) is 4.79 Å². The Labute approximate surface area is 122 Å². The van der Waals surface area contributed by atoms with E-state index in [-0.39, 0.29) is 17.1 Å². The summed E-state index contributed by atoms with van der Waals surface area (Å²) in [4.78, 5) is 10.5. The normalized spacial score (nSPS) is 9.14. The monoisotopic (exact) mass is 288 g/mol. The number of carbonyl (C=O) groups is 1. The highest BCUT2D eigenvalue weighted by atomic mass is 16.5. The Morgan fingerprint density at radius 2 is 1.67 bits per heavy atom. The van der Waals surface area contributed by atoms with Gasteiger partial charge in [0, 0.05) is 6.07 Å². The maximum absolute atomic E-state index is 10.5. The molecule has 0 amide bonds. The van der Waals surface area contributed by atoms with Gasteiger partial charge in [0.05, 0.1) is 5.56 Å². The number of aromatic hydroxyl groups is 2. The molecule has 0 radical (unpaired) electrons. The smallest absolute Gasteiger partial charge is 0.335 e. The van der Waals surface area contributed by atoms with Crippen molar-refractivity contribution in [2.24, 2.45) is 0 Å². The number of aromatic carboxylic acids is 1. The van der Waals surface area contributed by atoms with E-state index in [1.54, 1.807) is 24.3 Å². The highest BCUT2D eigenvalue weighted by Crippen LogP contribution is 2.14. The Balaban J connectivity index is 0.000000235. The van der Waals surface area contributed by atoms with Gasteiger partial charge < -0.3 is 20.1 Å². The molecule has 0 aliphatic carbocycles. The van der Waals surface area contributed by atoms with E-state index in [0.29, 0.717) is 12.4 Å². The number of phenols is 2. The minimum Gasteiger partial charge on any atom is -0.508 e. The molecule has 0 spiro atoms. The maximum Gasteiger partial charge on any atom is 0.335 e. The Kier molecular flexibility index (Phi) is 6.34. The van der Waals surface area contributed by atoms with Gasteiger partial charge in [-0.3, -0.25) is 0 Å². The molecule has 0 aliphatic rings. The van der Waals surface area contributed by atoms with E-state index in [2.05, 4.69) is 6.58 Å². The lowest BCUT2D eigenvalue weighted by molar-refractivity contribution is 0.0697. The highest BCUT2D eigenvalue weighted by molar-refractivity contribution is 5.87. The van der Waals surface area contributed by atoms with Crippen LogP contribution < -0.4 is 4.74 Å². The molecule has 0 fully saturated rings. The molecule has 3 N–H and O–H groups in total. The second-order valence-corrected chi connectivity index (χ2v) is 3.95. The summed E-state index contributed by atoms with van der Waals surface area (Å²) in [5.74, 6) is -0.116. The van der Waals surface area contributed by atoms with Crippen molar-refractivity contribution in [3.05, 3.63) is 66.7 Å². The van der Waals surface area contributed by atoms with Crippen LogP contribution in [-0.4, -0.2) is 27.9 Å². The average Bonchev–Trinajstić information content (AvgIpc) is 2.46. The lowest BCUT2D eigenvalue weighted by Crippen LogP contribution is -1.97. The molecule has 21 heavy (non-hydrogen) atoms. The number of ether oxygens (including phenoxy) is 1. The largest absolute Gasteiger partial charge is 0.508 e. The summed E-state index contributed by atoms with van der Waals surface area (Å²) in [6, 6.07) is 12.1. The van der Waals surface area contributed by atoms with Crippen molar-refractivity contribution in [1.29, 1.82) is 0 Å². The first-order valence-corrected chi connectivity index (χ1v) is 6.08. The zero-order valence-electron chi connectivity index (χ0n) is 11.3. The Hall–Kier alpha value is -2.95. The van der Waals surface area contributed by atoms with Crippen molar-refractivity contribution in [2.45, 2.75) is 0 Å². The molecule has 0 saturated heterocycles. The third-order valence-electron chi connectivity index (χ3n) is 2.30. The van der Waals surface area contributed by atoms with Gasteiger partial charge in [-0.1, -0.05) is 18.7 Å². The van der Waals surface area contributed by atoms with Gasteiger partial charge >= 0.3 is 5.97 Å². The van der Waals surface area contributed by atoms with Gasteiger partial charge in [-0.15, -0.1) is 0 Å². The van der Waals surface area contributed by atoms with Crippen molar-refractivity contribution in [3.63, 3.8) is 0 Å². The van der Waals surface area contributed by atoms with E-state index in [4.69, 9.17) is 20.1 Å². The lowest BCUT2D eigenvalue weighted by atomic mass is 10.2. The molecule has 0 saturated carbocycles. The second-order valence-electron chi connectivity index (χ2n) is 3.95. The fourth-order valence-corrected chi connectivity index (χ4v) is 1.34. The van der Waals surface area contributed by atoms with Crippen LogP contribution in [0.15, 0.2) is 61.2 Å². The topological polar surface area (TPSA) is 87.0 Å². The molecule has 0 atom stereocenters. The molecule has 0 aromatic heterocycles. The van der Waals surface area contributed by atoms with E-state index < -0.39 is 5.97 Å². The molecular weight excluding hydrogens is 272 g/mol. The second kappa shape index (κ2) is 8.27. The molecular formula is C16H16O5. The first-order valence-electron chi connectivity index (χ1n) is 6.08. The predicted octanol–water partition coefficient (Wildman–Crippen LogP) is 3.05. The fourth-order valence-electron chi connectivity index (χ4n) is 1.34. The summed E-state index contributed by atoms with van der Waals surface area (Å²) < 4.78 is 5.18.